The Balaban J connectivity index is 2.27. The van der Waals surface area contributed by atoms with Crippen LogP contribution in [0.5, 0.6) is 0 Å². The number of benzene rings is 2. The number of nitro groups is 1. The van der Waals surface area contributed by atoms with Gasteiger partial charge in [-0.1, -0.05) is 30.0 Å². The van der Waals surface area contributed by atoms with Gasteiger partial charge in [0.2, 0.25) is 0 Å². The molecular weight excluding hydrogens is 262 g/mol. The number of aliphatic hydroxyl groups is 1. The minimum Gasteiger partial charge on any atom is -0.392 e. The lowest BCUT2D eigenvalue weighted by Crippen LogP contribution is -1.92. The Morgan fingerprint density at radius 3 is 2.47 bits per heavy atom. The van der Waals surface area contributed by atoms with Gasteiger partial charge < -0.3 is 5.11 Å². The monoisotopic (exact) mass is 275 g/mol. The van der Waals surface area contributed by atoms with Crippen LogP contribution >= 0.6 is 11.8 Å². The SMILES string of the molecule is Cc1c(Sc2ccc(CO)cc2)cccc1[N+](=O)[O-]. The van der Waals surface area contributed by atoms with Crippen LogP contribution in [0.25, 0.3) is 0 Å². The fourth-order valence-electron chi connectivity index (χ4n) is 1.70. The molecule has 0 aromatic heterocycles. The molecule has 0 saturated heterocycles. The van der Waals surface area contributed by atoms with Gasteiger partial charge >= 0.3 is 0 Å². The molecule has 0 bridgehead atoms. The Hall–Kier alpha value is -1.85. The zero-order valence-electron chi connectivity index (χ0n) is 10.4. The fraction of sp³-hybridized carbons (Fsp3) is 0.143. The average Bonchev–Trinajstić information content (AvgIpc) is 2.41. The zero-order chi connectivity index (χ0) is 13.8. The predicted octanol–water partition coefficient (Wildman–Crippen LogP) is 3.55. The number of nitro benzene ring substituents is 1. The van der Waals surface area contributed by atoms with E-state index in [1.54, 1.807) is 13.0 Å². The van der Waals surface area contributed by atoms with E-state index in [1.807, 2.05) is 30.3 Å². The Kier molecular flexibility index (Phi) is 4.19. The summed E-state index contributed by atoms with van der Waals surface area (Å²) in [6.45, 7) is 1.77. The van der Waals surface area contributed by atoms with Gasteiger partial charge in [0.1, 0.15) is 0 Å². The minimum atomic E-state index is -0.367. The molecule has 0 aliphatic rings. The lowest BCUT2D eigenvalue weighted by molar-refractivity contribution is -0.385. The van der Waals surface area contributed by atoms with Gasteiger partial charge in [0.15, 0.2) is 0 Å². The molecule has 98 valence electrons. The summed E-state index contributed by atoms with van der Waals surface area (Å²) in [7, 11) is 0. The third-order valence-electron chi connectivity index (χ3n) is 2.79. The summed E-state index contributed by atoms with van der Waals surface area (Å²) in [5, 5.41) is 19.9. The van der Waals surface area contributed by atoms with Crippen LogP contribution < -0.4 is 0 Å². The van der Waals surface area contributed by atoms with E-state index in [0.717, 1.165) is 15.4 Å². The van der Waals surface area contributed by atoms with Crippen molar-refractivity contribution in [1.82, 2.24) is 0 Å². The number of hydrogen-bond donors (Lipinski definition) is 1. The maximum Gasteiger partial charge on any atom is 0.273 e. The second-order valence-corrected chi connectivity index (χ2v) is 5.18. The standard InChI is InChI=1S/C14H13NO3S/c1-10-13(15(17)18)3-2-4-14(10)19-12-7-5-11(9-16)6-8-12/h2-8,16H,9H2,1H3. The number of nitrogens with zero attached hydrogens (tertiary/aromatic N) is 1. The normalized spacial score (nSPS) is 10.4. The Morgan fingerprint density at radius 1 is 1.21 bits per heavy atom. The van der Waals surface area contributed by atoms with Crippen LogP contribution in [-0.2, 0) is 6.61 Å². The van der Waals surface area contributed by atoms with Crippen molar-refractivity contribution in [2.45, 2.75) is 23.3 Å². The van der Waals surface area contributed by atoms with Crippen LogP contribution in [-0.4, -0.2) is 10.0 Å². The predicted molar refractivity (Wildman–Crippen MR) is 74.3 cm³/mol. The molecule has 1 N–H and O–H groups in total. The van der Waals surface area contributed by atoms with E-state index in [4.69, 9.17) is 5.11 Å². The van der Waals surface area contributed by atoms with Gasteiger partial charge in [-0.25, -0.2) is 0 Å². The average molecular weight is 275 g/mol. The Morgan fingerprint density at radius 2 is 1.89 bits per heavy atom. The fourth-order valence-corrected chi connectivity index (χ4v) is 2.63. The molecule has 4 nitrogen and oxygen atoms in total. The molecule has 0 amide bonds. The summed E-state index contributed by atoms with van der Waals surface area (Å²) in [5.74, 6) is 0. The highest BCUT2D eigenvalue weighted by atomic mass is 32.2. The highest BCUT2D eigenvalue weighted by Crippen LogP contribution is 2.34. The first-order chi connectivity index (χ1) is 9.11. The third-order valence-corrected chi connectivity index (χ3v) is 3.96. The first kappa shape index (κ1) is 13.6. The minimum absolute atomic E-state index is 0.0147. The molecule has 0 unspecified atom stereocenters. The molecule has 0 aliphatic heterocycles. The largest absolute Gasteiger partial charge is 0.392 e. The van der Waals surface area contributed by atoms with E-state index in [1.165, 1.54) is 17.8 Å². The molecular formula is C14H13NO3S. The van der Waals surface area contributed by atoms with E-state index in [9.17, 15) is 10.1 Å². The molecule has 19 heavy (non-hydrogen) atoms. The van der Waals surface area contributed by atoms with Crippen LogP contribution in [0.4, 0.5) is 5.69 Å². The molecule has 2 aromatic rings. The van der Waals surface area contributed by atoms with Gasteiger partial charge in [-0.3, -0.25) is 10.1 Å². The van der Waals surface area contributed by atoms with Crippen LogP contribution in [0.1, 0.15) is 11.1 Å². The molecule has 2 aromatic carbocycles. The van der Waals surface area contributed by atoms with Gasteiger partial charge in [-0.05, 0) is 30.7 Å². The van der Waals surface area contributed by atoms with Crippen molar-refractivity contribution in [3.8, 4) is 0 Å². The molecule has 0 atom stereocenters. The summed E-state index contributed by atoms with van der Waals surface area (Å²) >= 11 is 1.48. The molecule has 0 aliphatic carbocycles. The highest BCUT2D eigenvalue weighted by molar-refractivity contribution is 7.99. The third kappa shape index (κ3) is 3.13. The summed E-state index contributed by atoms with van der Waals surface area (Å²) in [6, 6.07) is 12.5. The van der Waals surface area contributed by atoms with Gasteiger partial charge in [0.05, 0.1) is 11.5 Å². The second-order valence-electron chi connectivity index (χ2n) is 4.06. The summed E-state index contributed by atoms with van der Waals surface area (Å²) in [5.41, 5.74) is 1.65. The first-order valence-corrected chi connectivity index (χ1v) is 6.55. The number of hydrogen-bond acceptors (Lipinski definition) is 4. The van der Waals surface area contributed by atoms with E-state index >= 15 is 0 Å². The van der Waals surface area contributed by atoms with Crippen molar-refractivity contribution in [3.63, 3.8) is 0 Å². The molecule has 0 spiro atoms. The summed E-state index contributed by atoms with van der Waals surface area (Å²) < 4.78 is 0. The highest BCUT2D eigenvalue weighted by Gasteiger charge is 2.13. The Labute approximate surface area is 115 Å². The maximum atomic E-state index is 10.9. The van der Waals surface area contributed by atoms with Gasteiger partial charge in [-0.2, -0.15) is 0 Å². The molecule has 0 saturated carbocycles. The topological polar surface area (TPSA) is 63.4 Å². The molecule has 0 radical (unpaired) electrons. The van der Waals surface area contributed by atoms with Gasteiger partial charge in [0.25, 0.3) is 5.69 Å². The van der Waals surface area contributed by atoms with Gasteiger partial charge in [-0.15, -0.1) is 0 Å². The van der Waals surface area contributed by atoms with Crippen molar-refractivity contribution >= 4 is 17.4 Å². The number of rotatable bonds is 4. The lowest BCUT2D eigenvalue weighted by atomic mass is 10.2. The van der Waals surface area contributed by atoms with Crippen LogP contribution in [0.2, 0.25) is 0 Å². The van der Waals surface area contributed by atoms with Crippen molar-refractivity contribution < 1.29 is 10.0 Å². The van der Waals surface area contributed by atoms with E-state index in [0.29, 0.717) is 5.56 Å². The Bertz CT molecular complexity index is 596. The lowest BCUT2D eigenvalue weighted by Gasteiger charge is -2.06. The van der Waals surface area contributed by atoms with Crippen molar-refractivity contribution in [1.29, 1.82) is 0 Å². The maximum absolute atomic E-state index is 10.9. The van der Waals surface area contributed by atoms with Crippen LogP contribution in [0.3, 0.4) is 0 Å². The van der Waals surface area contributed by atoms with Crippen molar-refractivity contribution in [3.05, 3.63) is 63.7 Å². The molecule has 0 heterocycles. The summed E-state index contributed by atoms with van der Waals surface area (Å²) in [4.78, 5) is 12.4. The smallest absolute Gasteiger partial charge is 0.273 e. The number of aliphatic hydroxyl groups excluding tert-OH is 1. The summed E-state index contributed by atoms with van der Waals surface area (Å²) in [6.07, 6.45) is 0. The van der Waals surface area contributed by atoms with E-state index < -0.39 is 0 Å². The van der Waals surface area contributed by atoms with Crippen LogP contribution in [0, 0.1) is 17.0 Å². The quantitative estimate of drug-likeness (QED) is 0.684. The van der Waals surface area contributed by atoms with E-state index in [2.05, 4.69) is 0 Å². The first-order valence-electron chi connectivity index (χ1n) is 5.73. The van der Waals surface area contributed by atoms with Crippen molar-refractivity contribution in [2.24, 2.45) is 0 Å². The molecule has 0 fully saturated rings. The van der Waals surface area contributed by atoms with E-state index in [-0.39, 0.29) is 17.2 Å². The molecule has 5 heteroatoms. The second kappa shape index (κ2) is 5.86. The zero-order valence-corrected chi connectivity index (χ0v) is 11.2. The van der Waals surface area contributed by atoms with Crippen molar-refractivity contribution in [2.75, 3.05) is 0 Å². The van der Waals surface area contributed by atoms with Crippen LogP contribution in [0.15, 0.2) is 52.3 Å². The molecule has 2 rings (SSSR count). The van der Waals surface area contributed by atoms with Gasteiger partial charge in [0, 0.05) is 21.4 Å².